The standard InChI is InChI=1S/C22H23ClN4O4S/c1-13-21(25-12-26-22(13)31-20-7-2-15(23)8-14(20)11-24)30-18-9-16-3-4-17(10-18)27(16)32(28,29)19-5-6-19/h2,7-8,12,16-19H,3-6,9-10H2,1H3/t16-,17+,18?. The third kappa shape index (κ3) is 3.91. The predicted octanol–water partition coefficient (Wildman–Crippen LogP) is 3.97. The largest absolute Gasteiger partial charge is 0.474 e. The molecule has 3 aliphatic rings. The predicted molar refractivity (Wildman–Crippen MR) is 117 cm³/mol. The molecular weight excluding hydrogens is 452 g/mol. The molecule has 2 bridgehead atoms. The molecule has 3 heterocycles. The maximum Gasteiger partial charge on any atom is 0.229 e. The van der Waals surface area contributed by atoms with E-state index < -0.39 is 10.0 Å². The minimum absolute atomic E-state index is 0.00512. The second-order valence-electron chi connectivity index (χ2n) is 8.63. The summed E-state index contributed by atoms with van der Waals surface area (Å²) in [6, 6.07) is 6.85. The number of nitrogens with zero attached hydrogens (tertiary/aromatic N) is 4. The zero-order valence-electron chi connectivity index (χ0n) is 17.6. The minimum atomic E-state index is -3.18. The number of ether oxygens (including phenoxy) is 2. The molecule has 1 aromatic heterocycles. The van der Waals surface area contributed by atoms with Gasteiger partial charge in [-0.1, -0.05) is 11.6 Å². The Morgan fingerprint density at radius 2 is 1.81 bits per heavy atom. The van der Waals surface area contributed by atoms with Crippen molar-refractivity contribution in [3.05, 3.63) is 40.7 Å². The lowest BCUT2D eigenvalue weighted by Gasteiger charge is -2.37. The lowest BCUT2D eigenvalue weighted by atomic mass is 10.0. The number of fused-ring (bicyclic) bond motifs is 2. The van der Waals surface area contributed by atoms with E-state index in [1.54, 1.807) is 23.4 Å². The molecular formula is C22H23ClN4O4S. The maximum atomic E-state index is 12.8. The number of piperidine rings is 1. The van der Waals surface area contributed by atoms with Crippen LogP contribution in [0.5, 0.6) is 17.5 Å². The van der Waals surface area contributed by atoms with Crippen molar-refractivity contribution in [2.45, 2.75) is 68.9 Å². The topological polar surface area (TPSA) is 105 Å². The Bertz CT molecular complexity index is 1180. The first-order valence-electron chi connectivity index (χ1n) is 10.7. The number of benzene rings is 1. The van der Waals surface area contributed by atoms with Gasteiger partial charge < -0.3 is 9.47 Å². The molecule has 32 heavy (non-hydrogen) atoms. The molecule has 2 aliphatic heterocycles. The first-order valence-corrected chi connectivity index (χ1v) is 12.6. The number of rotatable bonds is 6. The highest BCUT2D eigenvalue weighted by Crippen LogP contribution is 2.44. The van der Waals surface area contributed by atoms with Crippen LogP contribution in [0.1, 0.15) is 49.7 Å². The van der Waals surface area contributed by atoms with Gasteiger partial charge in [-0.05, 0) is 50.8 Å². The van der Waals surface area contributed by atoms with Crippen molar-refractivity contribution in [1.29, 1.82) is 5.26 Å². The molecule has 0 spiro atoms. The lowest BCUT2D eigenvalue weighted by molar-refractivity contribution is 0.0906. The highest BCUT2D eigenvalue weighted by Gasteiger charge is 2.52. The quantitative estimate of drug-likeness (QED) is 0.623. The molecule has 1 aromatic carbocycles. The van der Waals surface area contributed by atoms with Crippen LogP contribution in [0.15, 0.2) is 24.5 Å². The van der Waals surface area contributed by atoms with Gasteiger partial charge >= 0.3 is 0 Å². The van der Waals surface area contributed by atoms with Crippen LogP contribution < -0.4 is 9.47 Å². The van der Waals surface area contributed by atoms with Gasteiger partial charge in [-0.3, -0.25) is 0 Å². The van der Waals surface area contributed by atoms with Crippen LogP contribution in [0, 0.1) is 18.3 Å². The summed E-state index contributed by atoms with van der Waals surface area (Å²) in [7, 11) is -3.18. The smallest absolute Gasteiger partial charge is 0.229 e. The molecule has 2 saturated heterocycles. The van der Waals surface area contributed by atoms with Crippen LogP contribution in [0.25, 0.3) is 0 Å². The van der Waals surface area contributed by atoms with E-state index in [9.17, 15) is 13.7 Å². The van der Waals surface area contributed by atoms with Gasteiger partial charge in [0, 0.05) is 29.9 Å². The van der Waals surface area contributed by atoms with Gasteiger partial charge in [0.25, 0.3) is 0 Å². The van der Waals surface area contributed by atoms with Crippen molar-refractivity contribution < 1.29 is 17.9 Å². The summed E-state index contributed by atoms with van der Waals surface area (Å²) in [5, 5.41) is 9.60. The first kappa shape index (κ1) is 21.4. The number of nitriles is 1. The van der Waals surface area contributed by atoms with E-state index >= 15 is 0 Å². The number of hydrogen-bond acceptors (Lipinski definition) is 7. The number of sulfonamides is 1. The molecule has 168 valence electrons. The maximum absolute atomic E-state index is 12.8. The molecule has 10 heteroatoms. The van der Waals surface area contributed by atoms with Crippen LogP contribution in [-0.2, 0) is 10.0 Å². The molecule has 2 aromatic rings. The van der Waals surface area contributed by atoms with Crippen LogP contribution in [-0.4, -0.2) is 46.1 Å². The third-order valence-electron chi connectivity index (χ3n) is 6.40. The number of aromatic nitrogens is 2. The van der Waals surface area contributed by atoms with Gasteiger partial charge in [0.1, 0.15) is 24.3 Å². The number of halogens is 1. The average Bonchev–Trinajstić information content (AvgIpc) is 3.58. The van der Waals surface area contributed by atoms with Gasteiger partial charge in [0.05, 0.1) is 16.4 Å². The van der Waals surface area contributed by atoms with E-state index in [0.29, 0.717) is 46.5 Å². The van der Waals surface area contributed by atoms with E-state index in [0.717, 1.165) is 25.7 Å². The Kier molecular flexibility index (Phi) is 5.48. The van der Waals surface area contributed by atoms with Crippen LogP contribution in [0.4, 0.5) is 0 Å². The van der Waals surface area contributed by atoms with Crippen molar-refractivity contribution in [2.75, 3.05) is 0 Å². The summed E-state index contributed by atoms with van der Waals surface area (Å²) >= 11 is 5.96. The normalized spacial score (nSPS) is 25.3. The molecule has 1 saturated carbocycles. The fraction of sp³-hybridized carbons (Fsp3) is 0.500. The molecule has 1 aliphatic carbocycles. The molecule has 0 N–H and O–H groups in total. The Hall–Kier alpha value is -2.41. The van der Waals surface area contributed by atoms with Gasteiger partial charge in [0.15, 0.2) is 0 Å². The Labute approximate surface area is 192 Å². The van der Waals surface area contributed by atoms with Gasteiger partial charge in [0.2, 0.25) is 21.8 Å². The van der Waals surface area contributed by atoms with Crippen molar-refractivity contribution >= 4 is 21.6 Å². The van der Waals surface area contributed by atoms with E-state index in [1.807, 2.05) is 0 Å². The fourth-order valence-corrected chi connectivity index (χ4v) is 7.18. The van der Waals surface area contributed by atoms with Crippen LogP contribution in [0.3, 0.4) is 0 Å². The monoisotopic (exact) mass is 474 g/mol. The van der Waals surface area contributed by atoms with E-state index in [2.05, 4.69) is 16.0 Å². The highest BCUT2D eigenvalue weighted by molar-refractivity contribution is 7.90. The number of hydrogen-bond donors (Lipinski definition) is 0. The van der Waals surface area contributed by atoms with E-state index in [-0.39, 0.29) is 23.4 Å². The second-order valence-corrected chi connectivity index (χ2v) is 11.2. The fourth-order valence-electron chi connectivity index (χ4n) is 4.72. The van der Waals surface area contributed by atoms with Crippen LogP contribution in [0.2, 0.25) is 5.02 Å². The van der Waals surface area contributed by atoms with E-state index in [4.69, 9.17) is 21.1 Å². The Morgan fingerprint density at radius 3 is 2.47 bits per heavy atom. The summed E-state index contributed by atoms with van der Waals surface area (Å²) in [6.07, 6.45) is 5.85. The summed E-state index contributed by atoms with van der Waals surface area (Å²) in [5.74, 6) is 1.05. The average molecular weight is 475 g/mol. The molecule has 0 amide bonds. The molecule has 0 radical (unpaired) electrons. The molecule has 8 nitrogen and oxygen atoms in total. The minimum Gasteiger partial charge on any atom is -0.474 e. The Morgan fingerprint density at radius 1 is 1.12 bits per heavy atom. The zero-order chi connectivity index (χ0) is 22.5. The van der Waals surface area contributed by atoms with Crippen molar-refractivity contribution in [3.8, 4) is 23.6 Å². The zero-order valence-corrected chi connectivity index (χ0v) is 19.1. The van der Waals surface area contributed by atoms with E-state index in [1.165, 1.54) is 12.4 Å². The summed E-state index contributed by atoms with van der Waals surface area (Å²) < 4.78 is 39.5. The van der Waals surface area contributed by atoms with Crippen molar-refractivity contribution in [3.63, 3.8) is 0 Å². The van der Waals surface area contributed by atoms with Crippen molar-refractivity contribution in [2.24, 2.45) is 0 Å². The summed E-state index contributed by atoms with van der Waals surface area (Å²) in [6.45, 7) is 1.80. The van der Waals surface area contributed by atoms with Crippen molar-refractivity contribution in [1.82, 2.24) is 14.3 Å². The third-order valence-corrected chi connectivity index (χ3v) is 9.13. The van der Waals surface area contributed by atoms with Gasteiger partial charge in [-0.15, -0.1) is 0 Å². The van der Waals surface area contributed by atoms with Crippen LogP contribution >= 0.6 is 11.6 Å². The van der Waals surface area contributed by atoms with Gasteiger partial charge in [-0.2, -0.15) is 9.57 Å². The Balaban J connectivity index is 1.32. The molecule has 3 atom stereocenters. The lowest BCUT2D eigenvalue weighted by Crippen LogP contribution is -2.50. The first-order chi connectivity index (χ1) is 15.4. The molecule has 5 rings (SSSR count). The molecule has 1 unspecified atom stereocenters. The van der Waals surface area contributed by atoms with Gasteiger partial charge in [-0.25, -0.2) is 18.4 Å². The summed E-state index contributed by atoms with van der Waals surface area (Å²) in [5.41, 5.74) is 0.922. The summed E-state index contributed by atoms with van der Waals surface area (Å²) in [4.78, 5) is 8.47. The SMILES string of the molecule is Cc1c(Oc2ccc(Cl)cc2C#N)ncnc1OC1C[C@H]2CC[C@@H](C1)N2S(=O)(=O)C1CC1. The second kappa shape index (κ2) is 8.18. The molecule has 3 fully saturated rings. The highest BCUT2D eigenvalue weighted by atomic mass is 35.5.